The van der Waals surface area contributed by atoms with Crippen LogP contribution in [-0.2, 0) is 6.42 Å². The van der Waals surface area contributed by atoms with Gasteiger partial charge in [0.15, 0.2) is 6.29 Å². The number of hydrogen-bond donors (Lipinski definition) is 2. The topological polar surface area (TPSA) is 58.3 Å². The molecule has 3 rings (SSSR count). The van der Waals surface area contributed by atoms with Crippen LogP contribution in [0.3, 0.4) is 0 Å². The number of fused-ring (bicyclic) bond motifs is 1. The summed E-state index contributed by atoms with van der Waals surface area (Å²) in [6, 6.07) is 9.83. The van der Waals surface area contributed by atoms with Gasteiger partial charge < -0.3 is 10.2 Å². The summed E-state index contributed by atoms with van der Waals surface area (Å²) in [6.07, 6.45) is 0.729. The molecule has 0 unspecified atom stereocenters. The van der Waals surface area contributed by atoms with Crippen molar-refractivity contribution in [3.63, 3.8) is 0 Å². The summed E-state index contributed by atoms with van der Waals surface area (Å²) in [7, 11) is 0. The largest absolute Gasteiger partial charge is 0.368 e. The number of thiophene rings is 1. The predicted molar refractivity (Wildman–Crippen MR) is 78.6 cm³/mol. The number of rotatable bonds is 3. The minimum atomic E-state index is -1.30. The van der Waals surface area contributed by atoms with Crippen LogP contribution in [0, 0.1) is 0 Å². The number of aromatic nitrogens is 2. The summed E-state index contributed by atoms with van der Waals surface area (Å²) < 4.78 is 3.00. The Kier molecular flexibility index (Phi) is 3.40. The van der Waals surface area contributed by atoms with Crippen molar-refractivity contribution in [2.45, 2.75) is 12.7 Å². The van der Waals surface area contributed by atoms with E-state index >= 15 is 0 Å². The highest BCUT2D eigenvalue weighted by molar-refractivity contribution is 9.10. The van der Waals surface area contributed by atoms with Crippen molar-refractivity contribution in [2.24, 2.45) is 0 Å². The quantitative estimate of drug-likeness (QED) is 0.722. The summed E-state index contributed by atoms with van der Waals surface area (Å²) in [4.78, 5) is 5.30. The van der Waals surface area contributed by atoms with Gasteiger partial charge in [-0.15, -0.1) is 11.3 Å². The van der Waals surface area contributed by atoms with Gasteiger partial charge in [-0.1, -0.05) is 15.9 Å². The van der Waals surface area contributed by atoms with E-state index in [-0.39, 0.29) is 6.42 Å². The van der Waals surface area contributed by atoms with E-state index in [9.17, 15) is 0 Å². The van der Waals surface area contributed by atoms with Crippen LogP contribution in [0.2, 0.25) is 0 Å². The number of imidazole rings is 1. The lowest BCUT2D eigenvalue weighted by molar-refractivity contribution is -0.0375. The van der Waals surface area contributed by atoms with Crippen LogP contribution in [0.15, 0.2) is 41.1 Å². The number of benzene rings is 1. The van der Waals surface area contributed by atoms with Crippen molar-refractivity contribution < 1.29 is 10.2 Å². The van der Waals surface area contributed by atoms with Crippen molar-refractivity contribution in [1.82, 2.24) is 9.55 Å². The van der Waals surface area contributed by atoms with Gasteiger partial charge in [0.25, 0.3) is 0 Å². The van der Waals surface area contributed by atoms with Crippen molar-refractivity contribution in [3.8, 4) is 5.00 Å². The molecule has 1 aromatic carbocycles. The summed E-state index contributed by atoms with van der Waals surface area (Å²) in [5.74, 6) is 0. The Labute approximate surface area is 122 Å². The third-order valence-corrected chi connectivity index (χ3v) is 4.38. The number of nitrogens with zero attached hydrogens (tertiary/aromatic N) is 2. The van der Waals surface area contributed by atoms with E-state index in [0.29, 0.717) is 0 Å². The molecule has 0 saturated heterocycles. The fraction of sp³-hybridized carbons (Fsp3) is 0.154. The van der Waals surface area contributed by atoms with Crippen LogP contribution in [0.5, 0.6) is 0 Å². The van der Waals surface area contributed by atoms with E-state index in [1.165, 1.54) is 11.3 Å². The lowest BCUT2D eigenvalue weighted by atomic mass is 10.3. The maximum Gasteiger partial charge on any atom is 0.156 e. The van der Waals surface area contributed by atoms with E-state index in [1.54, 1.807) is 6.33 Å². The molecule has 0 spiro atoms. The van der Waals surface area contributed by atoms with Gasteiger partial charge in [-0.3, -0.25) is 4.57 Å². The normalized spacial score (nSPS) is 11.6. The SMILES string of the molecule is OC(O)Cc1ccc(-n2cnc3cc(Br)ccc32)s1. The molecule has 2 aromatic heterocycles. The molecule has 0 radical (unpaired) electrons. The Bertz CT molecular complexity index is 720. The van der Waals surface area contributed by atoms with Gasteiger partial charge in [-0.25, -0.2) is 4.98 Å². The number of hydrogen-bond acceptors (Lipinski definition) is 4. The van der Waals surface area contributed by atoms with Crippen molar-refractivity contribution >= 4 is 38.3 Å². The van der Waals surface area contributed by atoms with Gasteiger partial charge in [-0.2, -0.15) is 0 Å². The average molecular weight is 339 g/mol. The molecule has 0 aliphatic carbocycles. The first kappa shape index (κ1) is 12.8. The van der Waals surface area contributed by atoms with Crippen LogP contribution in [-0.4, -0.2) is 26.1 Å². The minimum absolute atomic E-state index is 0.253. The molecule has 0 aliphatic heterocycles. The average Bonchev–Trinajstić information content (AvgIpc) is 2.93. The molecule has 19 heavy (non-hydrogen) atoms. The van der Waals surface area contributed by atoms with Crippen molar-refractivity contribution in [2.75, 3.05) is 0 Å². The molecule has 98 valence electrons. The molecular weight excluding hydrogens is 328 g/mol. The summed E-state index contributed by atoms with van der Waals surface area (Å²) >= 11 is 4.96. The zero-order chi connectivity index (χ0) is 13.4. The van der Waals surface area contributed by atoms with Gasteiger partial charge in [0.2, 0.25) is 0 Å². The molecule has 6 heteroatoms. The smallest absolute Gasteiger partial charge is 0.156 e. The predicted octanol–water partition coefficient (Wildman–Crippen LogP) is 2.70. The number of aliphatic hydroxyl groups is 2. The molecule has 0 atom stereocenters. The Hall–Kier alpha value is -1.21. The number of halogens is 1. The Morgan fingerprint density at radius 1 is 1.26 bits per heavy atom. The van der Waals surface area contributed by atoms with Crippen molar-refractivity contribution in [1.29, 1.82) is 0 Å². The first-order valence-corrected chi connectivity index (χ1v) is 7.32. The minimum Gasteiger partial charge on any atom is -0.368 e. The van der Waals surface area contributed by atoms with E-state index in [4.69, 9.17) is 10.2 Å². The maximum absolute atomic E-state index is 8.99. The Balaban J connectivity index is 2.02. The lowest BCUT2D eigenvalue weighted by Gasteiger charge is -2.01. The fourth-order valence-electron chi connectivity index (χ4n) is 1.95. The molecule has 0 aliphatic rings. The molecule has 0 amide bonds. The van der Waals surface area contributed by atoms with Gasteiger partial charge in [0.1, 0.15) is 11.3 Å². The first-order chi connectivity index (χ1) is 9.13. The van der Waals surface area contributed by atoms with Gasteiger partial charge in [0.05, 0.1) is 11.0 Å². The summed E-state index contributed by atoms with van der Waals surface area (Å²) in [5.41, 5.74) is 1.95. The summed E-state index contributed by atoms with van der Waals surface area (Å²) in [5, 5.41) is 19.0. The van der Waals surface area contributed by atoms with E-state index < -0.39 is 6.29 Å². The van der Waals surface area contributed by atoms with E-state index in [1.807, 2.05) is 34.9 Å². The maximum atomic E-state index is 8.99. The third kappa shape index (κ3) is 2.57. The Morgan fingerprint density at radius 2 is 2.11 bits per heavy atom. The monoisotopic (exact) mass is 338 g/mol. The lowest BCUT2D eigenvalue weighted by Crippen LogP contribution is -2.06. The molecule has 2 heterocycles. The molecule has 3 aromatic rings. The van der Waals surface area contributed by atoms with E-state index in [2.05, 4.69) is 20.9 Å². The van der Waals surface area contributed by atoms with Crippen LogP contribution in [0.4, 0.5) is 0 Å². The molecule has 2 N–H and O–H groups in total. The van der Waals surface area contributed by atoms with Crippen LogP contribution >= 0.6 is 27.3 Å². The van der Waals surface area contributed by atoms with Gasteiger partial charge >= 0.3 is 0 Å². The molecular formula is C13H11BrN2O2S. The second kappa shape index (κ2) is 5.05. The zero-order valence-corrected chi connectivity index (χ0v) is 12.2. The Morgan fingerprint density at radius 3 is 2.89 bits per heavy atom. The molecule has 0 saturated carbocycles. The van der Waals surface area contributed by atoms with Crippen molar-refractivity contribution in [3.05, 3.63) is 46.0 Å². The summed E-state index contributed by atoms with van der Waals surface area (Å²) in [6.45, 7) is 0. The molecule has 0 bridgehead atoms. The van der Waals surface area contributed by atoms with Crippen LogP contribution < -0.4 is 0 Å². The number of aliphatic hydroxyl groups excluding tert-OH is 1. The second-order valence-electron chi connectivity index (χ2n) is 4.17. The fourth-order valence-corrected chi connectivity index (χ4v) is 3.31. The second-order valence-corrected chi connectivity index (χ2v) is 6.23. The van der Waals surface area contributed by atoms with Gasteiger partial charge in [0, 0.05) is 15.8 Å². The van der Waals surface area contributed by atoms with E-state index in [0.717, 1.165) is 25.4 Å². The zero-order valence-electron chi connectivity index (χ0n) is 9.82. The molecule has 0 fully saturated rings. The third-order valence-electron chi connectivity index (χ3n) is 2.78. The highest BCUT2D eigenvalue weighted by Gasteiger charge is 2.09. The standard InChI is InChI=1S/C13H11BrN2O2S/c14-8-1-3-11-10(5-8)15-7-16(11)12-4-2-9(19-12)6-13(17)18/h1-5,7,13,17-18H,6H2. The first-order valence-electron chi connectivity index (χ1n) is 5.71. The van der Waals surface area contributed by atoms with Crippen LogP contribution in [0.25, 0.3) is 16.0 Å². The highest BCUT2D eigenvalue weighted by atomic mass is 79.9. The van der Waals surface area contributed by atoms with Gasteiger partial charge in [-0.05, 0) is 30.3 Å². The van der Waals surface area contributed by atoms with Crippen LogP contribution in [0.1, 0.15) is 4.88 Å². The highest BCUT2D eigenvalue weighted by Crippen LogP contribution is 2.26. The molecule has 4 nitrogen and oxygen atoms in total.